The number of carbonyl (C=O) groups is 1. The maximum absolute atomic E-state index is 14.4. The van der Waals surface area contributed by atoms with E-state index in [0.717, 1.165) is 32.0 Å². The number of fused-ring (bicyclic) bond motifs is 1. The van der Waals surface area contributed by atoms with Crippen molar-refractivity contribution in [3.05, 3.63) is 54.0 Å². The Hall–Kier alpha value is -3.39. The predicted octanol–water partition coefficient (Wildman–Crippen LogP) is 3.65. The highest BCUT2D eigenvalue weighted by molar-refractivity contribution is 5.93. The van der Waals surface area contributed by atoms with Crippen molar-refractivity contribution in [1.82, 2.24) is 10.3 Å². The number of hydrogen-bond donors (Lipinski definition) is 2. The smallest absolute Gasteiger partial charge is 0.248 e. The summed E-state index contributed by atoms with van der Waals surface area (Å²) in [5.41, 5.74) is 5.90. The van der Waals surface area contributed by atoms with Gasteiger partial charge in [0.25, 0.3) is 0 Å². The molecule has 0 saturated carbocycles. The fraction of sp³-hybridized carbons (Fsp3) is 0.304. The summed E-state index contributed by atoms with van der Waals surface area (Å²) >= 11 is 0. The quantitative estimate of drug-likeness (QED) is 0.600. The highest BCUT2D eigenvalue weighted by Crippen LogP contribution is 2.38. The molecule has 31 heavy (non-hydrogen) atoms. The fourth-order valence-corrected chi connectivity index (χ4v) is 3.60. The Bertz CT molecular complexity index is 1100. The average molecular weight is 425 g/mol. The SMILES string of the molecule is COc1cc2c(Oc3ccc(C(N)=O)cc3F)ccnc2cc1OCC1CCNCC1. The van der Waals surface area contributed by atoms with Crippen molar-refractivity contribution in [3.8, 4) is 23.0 Å². The highest BCUT2D eigenvalue weighted by atomic mass is 19.1. The lowest BCUT2D eigenvalue weighted by molar-refractivity contribution is 0.1000. The average Bonchev–Trinajstić information content (AvgIpc) is 2.79. The van der Waals surface area contributed by atoms with Gasteiger partial charge < -0.3 is 25.3 Å². The van der Waals surface area contributed by atoms with Gasteiger partial charge in [-0.05, 0) is 62.2 Å². The van der Waals surface area contributed by atoms with Crippen LogP contribution < -0.4 is 25.3 Å². The standard InChI is InChI=1S/C23H24FN3O4/c1-29-21-11-16-18(12-22(21)30-13-14-4-7-26-8-5-14)27-9-6-19(16)31-20-3-2-15(23(25)28)10-17(20)24/h2-3,6,9-12,14,26H,4-5,7-8,13H2,1H3,(H2,25,28). The molecule has 3 aromatic rings. The molecule has 1 fully saturated rings. The molecular formula is C23H24FN3O4. The third kappa shape index (κ3) is 4.69. The third-order valence-corrected chi connectivity index (χ3v) is 5.36. The Balaban J connectivity index is 1.61. The number of nitrogens with zero attached hydrogens (tertiary/aromatic N) is 1. The van der Waals surface area contributed by atoms with E-state index < -0.39 is 11.7 Å². The molecule has 1 aliphatic rings. The first-order chi connectivity index (χ1) is 15.0. The van der Waals surface area contributed by atoms with Crippen molar-refractivity contribution < 1.29 is 23.4 Å². The molecule has 2 aromatic carbocycles. The highest BCUT2D eigenvalue weighted by Gasteiger charge is 2.17. The zero-order chi connectivity index (χ0) is 21.8. The number of piperidine rings is 1. The maximum atomic E-state index is 14.4. The minimum atomic E-state index is -0.707. The number of primary amides is 1. The van der Waals surface area contributed by atoms with E-state index in [4.69, 9.17) is 19.9 Å². The van der Waals surface area contributed by atoms with E-state index in [9.17, 15) is 9.18 Å². The molecule has 7 nitrogen and oxygen atoms in total. The van der Waals surface area contributed by atoms with Crippen molar-refractivity contribution in [2.75, 3.05) is 26.8 Å². The van der Waals surface area contributed by atoms with Gasteiger partial charge in [0.2, 0.25) is 5.91 Å². The number of ether oxygens (including phenoxy) is 3. The van der Waals surface area contributed by atoms with Crippen molar-refractivity contribution in [3.63, 3.8) is 0 Å². The zero-order valence-corrected chi connectivity index (χ0v) is 17.2. The van der Waals surface area contributed by atoms with Crippen LogP contribution in [0.5, 0.6) is 23.0 Å². The summed E-state index contributed by atoms with van der Waals surface area (Å²) in [6.45, 7) is 2.61. The molecule has 1 aliphatic heterocycles. The van der Waals surface area contributed by atoms with Crippen molar-refractivity contribution in [2.24, 2.45) is 11.7 Å². The first kappa shape index (κ1) is 20.9. The fourth-order valence-electron chi connectivity index (χ4n) is 3.60. The summed E-state index contributed by atoms with van der Waals surface area (Å²) in [7, 11) is 1.57. The summed E-state index contributed by atoms with van der Waals surface area (Å²) in [4.78, 5) is 15.6. The molecule has 0 atom stereocenters. The van der Waals surface area contributed by atoms with Crippen LogP contribution in [0.25, 0.3) is 10.9 Å². The minimum Gasteiger partial charge on any atom is -0.493 e. The van der Waals surface area contributed by atoms with Gasteiger partial charge in [0.15, 0.2) is 23.1 Å². The minimum absolute atomic E-state index is 0.0253. The molecule has 4 rings (SSSR count). The largest absolute Gasteiger partial charge is 0.493 e. The van der Waals surface area contributed by atoms with Gasteiger partial charge in [-0.2, -0.15) is 0 Å². The number of benzene rings is 2. The van der Waals surface area contributed by atoms with Crippen LogP contribution in [0.15, 0.2) is 42.6 Å². The molecule has 1 aromatic heterocycles. The van der Waals surface area contributed by atoms with E-state index in [1.807, 2.05) is 0 Å². The van der Waals surface area contributed by atoms with Crippen molar-refractivity contribution in [1.29, 1.82) is 0 Å². The lowest BCUT2D eigenvalue weighted by Gasteiger charge is -2.23. The lowest BCUT2D eigenvalue weighted by atomic mass is 9.99. The van der Waals surface area contributed by atoms with E-state index >= 15 is 0 Å². The Morgan fingerprint density at radius 2 is 1.94 bits per heavy atom. The number of aromatic nitrogens is 1. The van der Waals surface area contributed by atoms with E-state index in [1.165, 1.54) is 12.1 Å². The Labute approximate surface area is 179 Å². The summed E-state index contributed by atoms with van der Waals surface area (Å²) in [5.74, 6) is 0.632. The number of methoxy groups -OCH3 is 1. The molecule has 162 valence electrons. The number of nitrogens with one attached hydrogen (secondary N) is 1. The first-order valence-electron chi connectivity index (χ1n) is 10.1. The molecule has 0 bridgehead atoms. The predicted molar refractivity (Wildman–Crippen MR) is 114 cm³/mol. The van der Waals surface area contributed by atoms with Crippen molar-refractivity contribution in [2.45, 2.75) is 12.8 Å². The van der Waals surface area contributed by atoms with Gasteiger partial charge in [-0.3, -0.25) is 9.78 Å². The monoisotopic (exact) mass is 425 g/mol. The number of amides is 1. The molecule has 1 saturated heterocycles. The first-order valence-corrected chi connectivity index (χ1v) is 10.1. The molecule has 3 N–H and O–H groups in total. The van der Waals surface area contributed by atoms with Gasteiger partial charge in [-0.1, -0.05) is 0 Å². The second-order valence-electron chi connectivity index (χ2n) is 7.45. The van der Waals surface area contributed by atoms with E-state index in [2.05, 4.69) is 10.3 Å². The summed E-state index contributed by atoms with van der Waals surface area (Å²) in [6, 6.07) is 9.04. The van der Waals surface area contributed by atoms with Gasteiger partial charge in [-0.15, -0.1) is 0 Å². The number of hydrogen-bond acceptors (Lipinski definition) is 6. The van der Waals surface area contributed by atoms with Crippen LogP contribution >= 0.6 is 0 Å². The number of pyridine rings is 1. The third-order valence-electron chi connectivity index (χ3n) is 5.36. The Kier molecular flexibility index (Phi) is 6.18. The molecule has 0 unspecified atom stereocenters. The van der Waals surface area contributed by atoms with Gasteiger partial charge in [0.1, 0.15) is 5.75 Å². The molecule has 2 heterocycles. The second kappa shape index (κ2) is 9.18. The maximum Gasteiger partial charge on any atom is 0.248 e. The number of carbonyl (C=O) groups excluding carboxylic acids is 1. The molecular weight excluding hydrogens is 401 g/mol. The topological polar surface area (TPSA) is 95.7 Å². The Morgan fingerprint density at radius 3 is 2.65 bits per heavy atom. The van der Waals surface area contributed by atoms with Crippen LogP contribution in [0.3, 0.4) is 0 Å². The number of halogens is 1. The van der Waals surface area contributed by atoms with Crippen LogP contribution in [-0.4, -0.2) is 37.7 Å². The van der Waals surface area contributed by atoms with Gasteiger partial charge in [0, 0.05) is 23.2 Å². The van der Waals surface area contributed by atoms with Gasteiger partial charge in [0.05, 0.1) is 19.2 Å². The zero-order valence-electron chi connectivity index (χ0n) is 17.2. The Morgan fingerprint density at radius 1 is 1.13 bits per heavy atom. The van der Waals surface area contributed by atoms with E-state index in [-0.39, 0.29) is 11.3 Å². The van der Waals surface area contributed by atoms with Crippen molar-refractivity contribution >= 4 is 16.8 Å². The second-order valence-corrected chi connectivity index (χ2v) is 7.45. The van der Waals surface area contributed by atoms with Crippen LogP contribution in [0.1, 0.15) is 23.2 Å². The number of rotatable bonds is 7. The number of nitrogens with two attached hydrogens (primary N) is 1. The molecule has 0 aliphatic carbocycles. The van der Waals surface area contributed by atoms with Crippen LogP contribution in [-0.2, 0) is 0 Å². The van der Waals surface area contributed by atoms with Crippen LogP contribution in [0.4, 0.5) is 4.39 Å². The van der Waals surface area contributed by atoms with Crippen LogP contribution in [0.2, 0.25) is 0 Å². The molecule has 8 heteroatoms. The summed E-state index contributed by atoms with van der Waals surface area (Å²) in [6.07, 6.45) is 3.73. The van der Waals surface area contributed by atoms with Gasteiger partial charge >= 0.3 is 0 Å². The summed E-state index contributed by atoms with van der Waals surface area (Å²) in [5, 5.41) is 3.99. The lowest BCUT2D eigenvalue weighted by Crippen LogP contribution is -2.30. The van der Waals surface area contributed by atoms with E-state index in [0.29, 0.717) is 40.7 Å². The normalized spacial score (nSPS) is 14.4. The summed E-state index contributed by atoms with van der Waals surface area (Å²) < 4.78 is 31.7. The van der Waals surface area contributed by atoms with Gasteiger partial charge in [-0.25, -0.2) is 4.39 Å². The molecule has 1 amide bonds. The van der Waals surface area contributed by atoms with Crippen LogP contribution in [0, 0.1) is 11.7 Å². The molecule has 0 radical (unpaired) electrons. The molecule has 0 spiro atoms. The van der Waals surface area contributed by atoms with E-state index in [1.54, 1.807) is 31.5 Å².